The Hall–Kier alpha value is -3.19. The average molecular weight is 386 g/mol. The van der Waals surface area contributed by atoms with Crippen molar-refractivity contribution in [2.45, 2.75) is 32.3 Å². The molecule has 7 nitrogen and oxygen atoms in total. The molecule has 3 aromatic rings. The summed E-state index contributed by atoms with van der Waals surface area (Å²) in [5.74, 6) is -0.465. The van der Waals surface area contributed by atoms with Gasteiger partial charge in [-0.25, -0.2) is 0 Å². The van der Waals surface area contributed by atoms with Crippen molar-refractivity contribution in [3.63, 3.8) is 0 Å². The summed E-state index contributed by atoms with van der Waals surface area (Å²) in [5.41, 5.74) is -0.668. The molecule has 148 valence electrons. The van der Waals surface area contributed by atoms with Crippen molar-refractivity contribution in [3.05, 3.63) is 46.3 Å². The van der Waals surface area contributed by atoms with E-state index >= 15 is 0 Å². The number of phenolic OH excluding ortho intramolecular Hbond substituents is 3. The number of methoxy groups -OCH3 is 1. The van der Waals surface area contributed by atoms with Gasteiger partial charge in [-0.1, -0.05) is 6.07 Å². The quantitative estimate of drug-likeness (QED) is 0.531. The van der Waals surface area contributed by atoms with Gasteiger partial charge in [0.05, 0.1) is 18.3 Å². The standard InChI is InChI=1S/C21H22O7/c1-21(2,26)7-6-12-15(23)9-17-18(19(12)24)20(25)13(10-28-17)11-4-5-14(22)16(8-11)27-3/h4-5,8-10,22-24,26H,6-7H2,1-3H3. The molecule has 4 N–H and O–H groups in total. The van der Waals surface area contributed by atoms with E-state index in [1.807, 2.05) is 0 Å². The lowest BCUT2D eigenvalue weighted by Gasteiger charge is -2.18. The van der Waals surface area contributed by atoms with Crippen LogP contribution in [0.3, 0.4) is 0 Å². The lowest BCUT2D eigenvalue weighted by molar-refractivity contribution is 0.0711. The van der Waals surface area contributed by atoms with Crippen LogP contribution >= 0.6 is 0 Å². The molecule has 0 saturated carbocycles. The summed E-state index contributed by atoms with van der Waals surface area (Å²) < 4.78 is 10.5. The summed E-state index contributed by atoms with van der Waals surface area (Å²) in [6.45, 7) is 3.24. The molecule has 0 radical (unpaired) electrons. The topological polar surface area (TPSA) is 120 Å². The SMILES string of the molecule is COc1cc(-c2coc3cc(O)c(CCC(C)(C)O)c(O)c3c2=O)ccc1O. The first-order valence-corrected chi connectivity index (χ1v) is 8.71. The zero-order chi connectivity index (χ0) is 20.6. The Balaban J connectivity index is 2.19. The molecule has 28 heavy (non-hydrogen) atoms. The van der Waals surface area contributed by atoms with Crippen molar-refractivity contribution in [2.24, 2.45) is 0 Å². The first kappa shape index (κ1) is 19.6. The summed E-state index contributed by atoms with van der Waals surface area (Å²) in [5, 5.41) is 40.5. The lowest BCUT2D eigenvalue weighted by atomic mass is 9.96. The van der Waals surface area contributed by atoms with Gasteiger partial charge < -0.3 is 29.6 Å². The van der Waals surface area contributed by atoms with Gasteiger partial charge in [0.2, 0.25) is 5.43 Å². The molecule has 0 bridgehead atoms. The van der Waals surface area contributed by atoms with Gasteiger partial charge >= 0.3 is 0 Å². The first-order valence-electron chi connectivity index (χ1n) is 8.71. The maximum atomic E-state index is 13.0. The molecule has 7 heteroatoms. The van der Waals surface area contributed by atoms with Crippen LogP contribution in [0.4, 0.5) is 0 Å². The lowest BCUT2D eigenvalue weighted by Crippen LogP contribution is -2.19. The van der Waals surface area contributed by atoms with E-state index in [-0.39, 0.29) is 57.9 Å². The third kappa shape index (κ3) is 3.61. The van der Waals surface area contributed by atoms with Gasteiger partial charge in [-0.2, -0.15) is 0 Å². The highest BCUT2D eigenvalue weighted by Gasteiger charge is 2.21. The molecule has 0 spiro atoms. The molecule has 2 aromatic carbocycles. The predicted octanol–water partition coefficient (Wildman–Crippen LogP) is 3.29. The first-order chi connectivity index (χ1) is 13.1. The van der Waals surface area contributed by atoms with E-state index in [0.717, 1.165) is 0 Å². The summed E-state index contributed by atoms with van der Waals surface area (Å²) in [7, 11) is 1.39. The van der Waals surface area contributed by atoms with Crippen LogP contribution in [-0.2, 0) is 6.42 Å². The fourth-order valence-electron chi connectivity index (χ4n) is 3.02. The highest BCUT2D eigenvalue weighted by atomic mass is 16.5. The average Bonchev–Trinajstić information content (AvgIpc) is 2.61. The van der Waals surface area contributed by atoms with Crippen molar-refractivity contribution in [2.75, 3.05) is 7.11 Å². The zero-order valence-corrected chi connectivity index (χ0v) is 15.8. The second-order valence-electron chi connectivity index (χ2n) is 7.27. The summed E-state index contributed by atoms with van der Waals surface area (Å²) >= 11 is 0. The van der Waals surface area contributed by atoms with Crippen LogP contribution < -0.4 is 10.2 Å². The fourth-order valence-corrected chi connectivity index (χ4v) is 3.02. The van der Waals surface area contributed by atoms with Gasteiger partial charge in [-0.05, 0) is 44.4 Å². The van der Waals surface area contributed by atoms with Crippen LogP contribution in [-0.4, -0.2) is 33.1 Å². The highest BCUT2D eigenvalue weighted by molar-refractivity contribution is 5.89. The van der Waals surface area contributed by atoms with Crippen molar-refractivity contribution >= 4 is 11.0 Å². The Bertz CT molecular complexity index is 1090. The number of aliphatic hydroxyl groups is 1. The van der Waals surface area contributed by atoms with Crippen LogP contribution in [0.25, 0.3) is 22.1 Å². The Morgan fingerprint density at radius 1 is 1.11 bits per heavy atom. The van der Waals surface area contributed by atoms with Crippen LogP contribution in [0.2, 0.25) is 0 Å². The molecule has 0 aliphatic carbocycles. The zero-order valence-electron chi connectivity index (χ0n) is 15.8. The minimum atomic E-state index is -0.997. The third-order valence-corrected chi connectivity index (χ3v) is 4.60. The van der Waals surface area contributed by atoms with Crippen molar-refractivity contribution < 1.29 is 29.6 Å². The second-order valence-corrected chi connectivity index (χ2v) is 7.27. The van der Waals surface area contributed by atoms with Crippen molar-refractivity contribution in [1.82, 2.24) is 0 Å². The summed E-state index contributed by atoms with van der Waals surface area (Å²) in [4.78, 5) is 13.0. The largest absolute Gasteiger partial charge is 0.507 e. The number of hydrogen-bond acceptors (Lipinski definition) is 7. The van der Waals surface area contributed by atoms with E-state index in [2.05, 4.69) is 0 Å². The van der Waals surface area contributed by atoms with E-state index in [0.29, 0.717) is 5.56 Å². The molecular weight excluding hydrogens is 364 g/mol. The van der Waals surface area contributed by atoms with Crippen LogP contribution in [0.15, 0.2) is 39.7 Å². The van der Waals surface area contributed by atoms with E-state index in [4.69, 9.17) is 9.15 Å². The number of ether oxygens (including phenoxy) is 1. The number of hydrogen-bond donors (Lipinski definition) is 4. The van der Waals surface area contributed by atoms with Gasteiger partial charge in [-0.15, -0.1) is 0 Å². The number of rotatable bonds is 5. The van der Waals surface area contributed by atoms with Gasteiger partial charge in [-0.3, -0.25) is 4.79 Å². The molecule has 0 saturated heterocycles. The van der Waals surface area contributed by atoms with E-state index in [9.17, 15) is 25.2 Å². The Labute approximate surface area is 161 Å². The molecule has 0 atom stereocenters. The van der Waals surface area contributed by atoms with Crippen LogP contribution in [0.1, 0.15) is 25.8 Å². The maximum Gasteiger partial charge on any atom is 0.204 e. The number of fused-ring (bicyclic) bond motifs is 1. The van der Waals surface area contributed by atoms with E-state index in [1.165, 1.54) is 37.6 Å². The number of aromatic hydroxyl groups is 3. The second kappa shape index (κ2) is 7.09. The minimum Gasteiger partial charge on any atom is -0.507 e. The minimum absolute atomic E-state index is 0.0431. The highest BCUT2D eigenvalue weighted by Crippen LogP contribution is 2.37. The molecule has 0 unspecified atom stereocenters. The van der Waals surface area contributed by atoms with Crippen molar-refractivity contribution in [1.29, 1.82) is 0 Å². The van der Waals surface area contributed by atoms with Crippen LogP contribution in [0, 0.1) is 0 Å². The molecule has 0 aliphatic heterocycles. The maximum absolute atomic E-state index is 13.0. The summed E-state index contributed by atoms with van der Waals surface area (Å²) in [6, 6.07) is 5.68. The monoisotopic (exact) mass is 386 g/mol. The van der Waals surface area contributed by atoms with Crippen molar-refractivity contribution in [3.8, 4) is 34.1 Å². The Morgan fingerprint density at radius 2 is 1.82 bits per heavy atom. The number of phenols is 3. The molecule has 1 heterocycles. The predicted molar refractivity (Wildman–Crippen MR) is 104 cm³/mol. The molecular formula is C21H22O7. The summed E-state index contributed by atoms with van der Waals surface area (Å²) in [6.07, 6.45) is 1.68. The van der Waals surface area contributed by atoms with Gasteiger partial charge in [0.15, 0.2) is 11.5 Å². The Morgan fingerprint density at radius 3 is 2.46 bits per heavy atom. The van der Waals surface area contributed by atoms with E-state index < -0.39 is 11.0 Å². The molecule has 0 fully saturated rings. The normalized spacial score (nSPS) is 11.7. The third-order valence-electron chi connectivity index (χ3n) is 4.60. The number of benzene rings is 2. The molecule has 0 aliphatic rings. The van der Waals surface area contributed by atoms with Gasteiger partial charge in [0.25, 0.3) is 0 Å². The van der Waals surface area contributed by atoms with Crippen LogP contribution in [0.5, 0.6) is 23.0 Å². The molecule has 1 aromatic heterocycles. The molecule has 0 amide bonds. The van der Waals surface area contributed by atoms with E-state index in [1.54, 1.807) is 13.8 Å². The van der Waals surface area contributed by atoms with Gasteiger partial charge in [0, 0.05) is 11.6 Å². The molecule has 3 rings (SSSR count). The fraction of sp³-hybridized carbons (Fsp3) is 0.286. The Kier molecular flexibility index (Phi) is 4.95. The smallest absolute Gasteiger partial charge is 0.204 e. The van der Waals surface area contributed by atoms with Gasteiger partial charge in [0.1, 0.15) is 28.7 Å².